The number of ether oxygens (including phenoxy) is 1. The Morgan fingerprint density at radius 2 is 2.13 bits per heavy atom. The second-order valence-electron chi connectivity index (χ2n) is 5.55. The van der Waals surface area contributed by atoms with Crippen LogP contribution in [0, 0.1) is 0 Å². The molecule has 2 aromatic heterocycles. The highest BCUT2D eigenvalue weighted by Crippen LogP contribution is 2.23. The molecular formula is C16H18N6O. The van der Waals surface area contributed by atoms with Gasteiger partial charge in [0.2, 0.25) is 0 Å². The molecule has 2 N–H and O–H groups in total. The zero-order valence-electron chi connectivity index (χ0n) is 12.9. The van der Waals surface area contributed by atoms with Gasteiger partial charge < -0.3 is 15.4 Å². The van der Waals surface area contributed by atoms with Crippen LogP contribution < -0.4 is 15.4 Å². The van der Waals surface area contributed by atoms with E-state index in [9.17, 15) is 0 Å². The summed E-state index contributed by atoms with van der Waals surface area (Å²) in [5, 5.41) is 12.2. The van der Waals surface area contributed by atoms with Crippen LogP contribution in [-0.2, 0) is 0 Å². The standard InChI is InChI=1S/C16H18N6O/c1-23-13-4-2-12(3-5-13)22-16-14(9-20-22)15(18-10-19-16)21-11-6-7-17-8-11/h2-5,9-11,17H,6-8H2,1H3,(H,18,19,21). The Balaban J connectivity index is 1.71. The van der Waals surface area contributed by atoms with E-state index in [0.717, 1.165) is 47.8 Å². The van der Waals surface area contributed by atoms with Gasteiger partial charge in [0, 0.05) is 12.6 Å². The van der Waals surface area contributed by atoms with Crippen molar-refractivity contribution in [3.63, 3.8) is 0 Å². The molecule has 0 spiro atoms. The first-order valence-corrected chi connectivity index (χ1v) is 7.65. The number of rotatable bonds is 4. The molecule has 4 rings (SSSR count). The summed E-state index contributed by atoms with van der Waals surface area (Å²) < 4.78 is 7.01. The zero-order valence-corrected chi connectivity index (χ0v) is 12.9. The molecule has 1 fully saturated rings. The zero-order chi connectivity index (χ0) is 15.6. The molecule has 0 amide bonds. The first-order chi connectivity index (χ1) is 11.3. The van der Waals surface area contributed by atoms with Gasteiger partial charge in [0.15, 0.2) is 5.65 Å². The molecule has 7 nitrogen and oxygen atoms in total. The van der Waals surface area contributed by atoms with Crippen LogP contribution in [0.2, 0.25) is 0 Å². The van der Waals surface area contributed by atoms with Crippen molar-refractivity contribution in [3.8, 4) is 11.4 Å². The fourth-order valence-electron chi connectivity index (χ4n) is 2.84. The van der Waals surface area contributed by atoms with E-state index in [0.29, 0.717) is 6.04 Å². The van der Waals surface area contributed by atoms with Crippen LogP contribution in [0.5, 0.6) is 5.75 Å². The highest BCUT2D eigenvalue weighted by atomic mass is 16.5. The van der Waals surface area contributed by atoms with Crippen LogP contribution >= 0.6 is 0 Å². The van der Waals surface area contributed by atoms with E-state index in [1.54, 1.807) is 13.4 Å². The highest BCUT2D eigenvalue weighted by molar-refractivity contribution is 5.87. The Bertz CT molecular complexity index is 807. The van der Waals surface area contributed by atoms with Crippen LogP contribution in [0.25, 0.3) is 16.7 Å². The average molecular weight is 310 g/mol. The summed E-state index contributed by atoms with van der Waals surface area (Å²) in [6.45, 7) is 2.00. The third-order valence-electron chi connectivity index (χ3n) is 4.08. The summed E-state index contributed by atoms with van der Waals surface area (Å²) in [5.41, 5.74) is 1.73. The second kappa shape index (κ2) is 5.85. The number of hydrogen-bond donors (Lipinski definition) is 2. The minimum absolute atomic E-state index is 0.400. The lowest BCUT2D eigenvalue weighted by Gasteiger charge is -2.12. The summed E-state index contributed by atoms with van der Waals surface area (Å²) in [6, 6.07) is 8.14. The lowest BCUT2D eigenvalue weighted by molar-refractivity contribution is 0.414. The van der Waals surface area contributed by atoms with E-state index in [2.05, 4.69) is 25.7 Å². The lowest BCUT2D eigenvalue weighted by atomic mass is 10.2. The van der Waals surface area contributed by atoms with Crippen molar-refractivity contribution < 1.29 is 4.74 Å². The number of aromatic nitrogens is 4. The summed E-state index contributed by atoms with van der Waals surface area (Å²) >= 11 is 0. The predicted molar refractivity (Wildman–Crippen MR) is 88.1 cm³/mol. The first-order valence-electron chi connectivity index (χ1n) is 7.65. The minimum atomic E-state index is 0.400. The van der Waals surface area contributed by atoms with E-state index in [4.69, 9.17) is 4.74 Å². The molecule has 0 bridgehead atoms. The van der Waals surface area contributed by atoms with Crippen molar-refractivity contribution in [2.45, 2.75) is 12.5 Å². The molecule has 1 atom stereocenters. The third kappa shape index (κ3) is 2.59. The molecule has 0 aliphatic carbocycles. The van der Waals surface area contributed by atoms with Crippen LogP contribution in [0.15, 0.2) is 36.8 Å². The average Bonchev–Trinajstić information content (AvgIpc) is 3.25. The quantitative estimate of drug-likeness (QED) is 0.762. The maximum atomic E-state index is 5.20. The number of anilines is 1. The van der Waals surface area contributed by atoms with Crippen molar-refractivity contribution >= 4 is 16.9 Å². The molecule has 3 heterocycles. The van der Waals surface area contributed by atoms with Crippen molar-refractivity contribution in [1.82, 2.24) is 25.1 Å². The third-order valence-corrected chi connectivity index (χ3v) is 4.08. The van der Waals surface area contributed by atoms with Crippen LogP contribution in [-0.4, -0.2) is 46.0 Å². The van der Waals surface area contributed by atoms with Crippen LogP contribution in [0.1, 0.15) is 6.42 Å². The van der Waals surface area contributed by atoms with E-state index < -0.39 is 0 Å². The van der Waals surface area contributed by atoms with E-state index >= 15 is 0 Å². The van der Waals surface area contributed by atoms with Crippen molar-refractivity contribution in [2.75, 3.05) is 25.5 Å². The van der Waals surface area contributed by atoms with Crippen molar-refractivity contribution in [3.05, 3.63) is 36.8 Å². The first kappa shape index (κ1) is 14.0. The van der Waals surface area contributed by atoms with Crippen molar-refractivity contribution in [1.29, 1.82) is 0 Å². The molecule has 0 radical (unpaired) electrons. The topological polar surface area (TPSA) is 76.9 Å². The van der Waals surface area contributed by atoms with Gasteiger partial charge in [-0.1, -0.05) is 0 Å². The van der Waals surface area contributed by atoms with Gasteiger partial charge in [0.05, 0.1) is 24.4 Å². The Hall–Kier alpha value is -2.67. The van der Waals surface area contributed by atoms with Crippen molar-refractivity contribution in [2.24, 2.45) is 0 Å². The summed E-state index contributed by atoms with van der Waals surface area (Å²) in [7, 11) is 1.65. The summed E-state index contributed by atoms with van der Waals surface area (Å²) in [5.74, 6) is 1.65. The Morgan fingerprint density at radius 3 is 2.87 bits per heavy atom. The Labute approximate surface area is 133 Å². The fourth-order valence-corrected chi connectivity index (χ4v) is 2.84. The molecular weight excluding hydrogens is 292 g/mol. The van der Waals surface area contributed by atoms with Crippen LogP contribution in [0.3, 0.4) is 0 Å². The number of fused-ring (bicyclic) bond motifs is 1. The molecule has 118 valence electrons. The SMILES string of the molecule is COc1ccc(-n2ncc3c(NC4CCNC4)ncnc32)cc1. The smallest absolute Gasteiger partial charge is 0.168 e. The van der Waals surface area contributed by atoms with Gasteiger partial charge in [-0.25, -0.2) is 14.6 Å². The molecule has 7 heteroatoms. The number of nitrogens with one attached hydrogen (secondary N) is 2. The molecule has 23 heavy (non-hydrogen) atoms. The van der Waals surface area contributed by atoms with Gasteiger partial charge in [0.25, 0.3) is 0 Å². The van der Waals surface area contributed by atoms with Gasteiger partial charge in [-0.3, -0.25) is 0 Å². The minimum Gasteiger partial charge on any atom is -0.497 e. The normalized spacial score (nSPS) is 17.5. The van der Waals surface area contributed by atoms with Gasteiger partial charge in [-0.05, 0) is 37.2 Å². The van der Waals surface area contributed by atoms with Gasteiger partial charge in [0.1, 0.15) is 17.9 Å². The largest absolute Gasteiger partial charge is 0.497 e. The van der Waals surface area contributed by atoms with Gasteiger partial charge >= 0.3 is 0 Å². The molecule has 1 aromatic carbocycles. The summed E-state index contributed by atoms with van der Waals surface area (Å²) in [4.78, 5) is 8.78. The highest BCUT2D eigenvalue weighted by Gasteiger charge is 2.17. The maximum Gasteiger partial charge on any atom is 0.168 e. The summed E-state index contributed by atoms with van der Waals surface area (Å²) in [6.07, 6.45) is 4.48. The number of hydrogen-bond acceptors (Lipinski definition) is 6. The fraction of sp³-hybridized carbons (Fsp3) is 0.312. The lowest BCUT2D eigenvalue weighted by Crippen LogP contribution is -2.22. The Kier molecular flexibility index (Phi) is 3.55. The molecule has 1 aliphatic heterocycles. The van der Waals surface area contributed by atoms with Crippen LogP contribution in [0.4, 0.5) is 5.82 Å². The Morgan fingerprint density at radius 1 is 1.26 bits per heavy atom. The van der Waals surface area contributed by atoms with E-state index in [1.807, 2.05) is 35.1 Å². The molecule has 1 unspecified atom stereocenters. The van der Waals surface area contributed by atoms with Gasteiger partial charge in [-0.2, -0.15) is 5.10 Å². The molecule has 0 saturated carbocycles. The van der Waals surface area contributed by atoms with Gasteiger partial charge in [-0.15, -0.1) is 0 Å². The molecule has 1 aliphatic rings. The second-order valence-corrected chi connectivity index (χ2v) is 5.55. The number of methoxy groups -OCH3 is 1. The monoisotopic (exact) mass is 310 g/mol. The predicted octanol–water partition coefficient (Wildman–Crippen LogP) is 1.60. The number of nitrogens with zero attached hydrogens (tertiary/aromatic N) is 4. The molecule has 1 saturated heterocycles. The maximum absolute atomic E-state index is 5.20. The molecule has 3 aromatic rings. The number of benzene rings is 1. The van der Waals surface area contributed by atoms with E-state index in [1.165, 1.54) is 0 Å². The van der Waals surface area contributed by atoms with E-state index in [-0.39, 0.29) is 0 Å².